The molecule has 22 heavy (non-hydrogen) atoms. The van der Waals surface area contributed by atoms with Crippen LogP contribution < -0.4 is 0 Å². The van der Waals surface area contributed by atoms with Crippen molar-refractivity contribution in [3.8, 4) is 0 Å². The molecule has 0 spiro atoms. The predicted molar refractivity (Wildman–Crippen MR) is 85.6 cm³/mol. The molecule has 2 bridgehead atoms. The maximum absolute atomic E-state index is 11.6. The first-order chi connectivity index (χ1) is 10.4. The molecule has 0 amide bonds. The van der Waals surface area contributed by atoms with Crippen LogP contribution in [0.4, 0.5) is 0 Å². The largest absolute Gasteiger partial charge is 0.462 e. The molecule has 1 aromatic carbocycles. The maximum atomic E-state index is 11.6. The van der Waals surface area contributed by atoms with Gasteiger partial charge in [0.25, 0.3) is 0 Å². The number of benzene rings is 1. The average Bonchev–Trinajstić information content (AvgIpc) is 2.48. The summed E-state index contributed by atoms with van der Waals surface area (Å²) in [6.07, 6.45) is 2.92. The van der Waals surface area contributed by atoms with E-state index < -0.39 is 0 Å². The van der Waals surface area contributed by atoms with Crippen molar-refractivity contribution >= 4 is 5.97 Å². The highest BCUT2D eigenvalue weighted by Gasteiger charge is 2.61. The van der Waals surface area contributed by atoms with Crippen LogP contribution in [0.1, 0.15) is 51.5 Å². The molecular formula is C19H26O3. The molecule has 3 saturated carbocycles. The summed E-state index contributed by atoms with van der Waals surface area (Å²) in [7, 11) is 1.81. The third kappa shape index (κ3) is 2.36. The van der Waals surface area contributed by atoms with E-state index in [0.717, 1.165) is 19.3 Å². The van der Waals surface area contributed by atoms with Crippen LogP contribution in [0, 0.1) is 11.3 Å². The summed E-state index contributed by atoms with van der Waals surface area (Å²) in [4.78, 5) is 11.6. The molecule has 1 aromatic rings. The molecule has 5 atom stereocenters. The minimum atomic E-state index is -0.176. The highest BCUT2D eigenvalue weighted by Crippen LogP contribution is 2.62. The Morgan fingerprint density at radius 3 is 2.45 bits per heavy atom. The predicted octanol–water partition coefficient (Wildman–Crippen LogP) is 3.93. The number of esters is 1. The number of carbonyl (C=O) groups is 1. The standard InChI is InChI=1S/C19H26O3/c1-13(20)22-17-11-15-10-16(14-8-6-5-7-9-14)18(17,2)12-19(15,3)21-4/h5-9,15-17H,10-12H2,1-4H3/t15-,16?,17-,18+,19-/m1/s1. The summed E-state index contributed by atoms with van der Waals surface area (Å²) in [5.74, 6) is 0.665. The van der Waals surface area contributed by atoms with Gasteiger partial charge in [-0.15, -0.1) is 0 Å². The van der Waals surface area contributed by atoms with E-state index in [2.05, 4.69) is 44.2 Å². The Morgan fingerprint density at radius 2 is 1.86 bits per heavy atom. The van der Waals surface area contributed by atoms with Crippen molar-refractivity contribution in [3.63, 3.8) is 0 Å². The molecule has 120 valence electrons. The SMILES string of the molecule is CO[C@]1(C)C[C@@]2(C)C(c3ccccc3)C[C@@H]1C[C@H]2OC(C)=O. The lowest BCUT2D eigenvalue weighted by Crippen LogP contribution is -2.61. The number of ether oxygens (including phenoxy) is 2. The third-order valence-electron chi connectivity index (χ3n) is 6.12. The monoisotopic (exact) mass is 302 g/mol. The molecule has 0 aliphatic heterocycles. The lowest BCUT2D eigenvalue weighted by atomic mass is 9.48. The van der Waals surface area contributed by atoms with Gasteiger partial charge in [0.2, 0.25) is 0 Å². The second kappa shape index (κ2) is 5.38. The molecule has 0 N–H and O–H groups in total. The molecule has 4 rings (SSSR count). The molecule has 3 aliphatic carbocycles. The Kier molecular flexibility index (Phi) is 3.80. The van der Waals surface area contributed by atoms with Crippen LogP contribution in [-0.2, 0) is 14.3 Å². The van der Waals surface area contributed by atoms with Gasteiger partial charge in [-0.25, -0.2) is 0 Å². The highest BCUT2D eigenvalue weighted by molar-refractivity contribution is 5.66. The van der Waals surface area contributed by atoms with E-state index in [4.69, 9.17) is 9.47 Å². The molecule has 3 aliphatic rings. The van der Waals surface area contributed by atoms with E-state index in [1.54, 1.807) is 0 Å². The fourth-order valence-corrected chi connectivity index (χ4v) is 4.86. The minimum Gasteiger partial charge on any atom is -0.462 e. The summed E-state index contributed by atoms with van der Waals surface area (Å²) in [6, 6.07) is 10.6. The van der Waals surface area contributed by atoms with Crippen LogP contribution in [0.5, 0.6) is 0 Å². The van der Waals surface area contributed by atoms with E-state index in [-0.39, 0.29) is 23.1 Å². The number of hydrogen-bond acceptors (Lipinski definition) is 3. The normalized spacial score (nSPS) is 40.5. The van der Waals surface area contributed by atoms with Crippen LogP contribution in [0.15, 0.2) is 30.3 Å². The number of rotatable bonds is 3. The van der Waals surface area contributed by atoms with Gasteiger partial charge >= 0.3 is 5.97 Å². The Balaban J connectivity index is 1.99. The third-order valence-corrected chi connectivity index (χ3v) is 6.12. The van der Waals surface area contributed by atoms with Crippen molar-refractivity contribution in [1.82, 2.24) is 0 Å². The summed E-state index contributed by atoms with van der Waals surface area (Å²) in [5, 5.41) is 0. The Morgan fingerprint density at radius 1 is 1.18 bits per heavy atom. The van der Waals surface area contributed by atoms with E-state index in [0.29, 0.717) is 11.8 Å². The molecule has 0 radical (unpaired) electrons. The average molecular weight is 302 g/mol. The second-order valence-electron chi connectivity index (χ2n) is 7.43. The van der Waals surface area contributed by atoms with Crippen molar-refractivity contribution in [2.24, 2.45) is 11.3 Å². The Labute approximate surface area is 133 Å². The van der Waals surface area contributed by atoms with Crippen LogP contribution in [-0.4, -0.2) is 24.8 Å². The van der Waals surface area contributed by atoms with Crippen molar-refractivity contribution < 1.29 is 14.3 Å². The van der Waals surface area contributed by atoms with Gasteiger partial charge in [-0.05, 0) is 43.6 Å². The molecule has 0 heterocycles. The van der Waals surface area contributed by atoms with Gasteiger partial charge in [0.05, 0.1) is 5.60 Å². The van der Waals surface area contributed by atoms with E-state index in [1.807, 2.05) is 7.11 Å². The maximum Gasteiger partial charge on any atom is 0.302 e. The van der Waals surface area contributed by atoms with Crippen LogP contribution in [0.3, 0.4) is 0 Å². The van der Waals surface area contributed by atoms with E-state index in [1.165, 1.54) is 12.5 Å². The topological polar surface area (TPSA) is 35.5 Å². The van der Waals surface area contributed by atoms with Gasteiger partial charge in [-0.3, -0.25) is 4.79 Å². The van der Waals surface area contributed by atoms with Crippen LogP contribution in [0.2, 0.25) is 0 Å². The zero-order valence-electron chi connectivity index (χ0n) is 14.0. The quantitative estimate of drug-likeness (QED) is 0.794. The van der Waals surface area contributed by atoms with Crippen LogP contribution in [0.25, 0.3) is 0 Å². The molecule has 1 unspecified atom stereocenters. The summed E-state index contributed by atoms with van der Waals surface area (Å²) >= 11 is 0. The molecular weight excluding hydrogens is 276 g/mol. The number of hydrogen-bond donors (Lipinski definition) is 0. The first-order valence-corrected chi connectivity index (χ1v) is 8.16. The fourth-order valence-electron chi connectivity index (χ4n) is 4.86. The smallest absolute Gasteiger partial charge is 0.302 e. The fraction of sp³-hybridized carbons (Fsp3) is 0.632. The van der Waals surface area contributed by atoms with Crippen molar-refractivity contribution in [1.29, 1.82) is 0 Å². The molecule has 3 heteroatoms. The second-order valence-corrected chi connectivity index (χ2v) is 7.43. The summed E-state index contributed by atoms with van der Waals surface area (Å²) < 4.78 is 11.6. The lowest BCUT2D eigenvalue weighted by molar-refractivity contribution is -0.209. The zero-order chi connectivity index (χ0) is 16.0. The van der Waals surface area contributed by atoms with E-state index >= 15 is 0 Å². The Hall–Kier alpha value is -1.35. The molecule has 0 aromatic heterocycles. The highest BCUT2D eigenvalue weighted by atomic mass is 16.5. The number of methoxy groups -OCH3 is 1. The number of carbonyl (C=O) groups excluding carboxylic acids is 1. The van der Waals surface area contributed by atoms with Gasteiger partial charge < -0.3 is 9.47 Å². The first-order valence-electron chi connectivity index (χ1n) is 8.16. The zero-order valence-corrected chi connectivity index (χ0v) is 14.0. The van der Waals surface area contributed by atoms with Gasteiger partial charge in [-0.1, -0.05) is 37.3 Å². The van der Waals surface area contributed by atoms with Gasteiger partial charge in [0.15, 0.2) is 0 Å². The lowest BCUT2D eigenvalue weighted by Gasteiger charge is -2.61. The molecule has 3 nitrogen and oxygen atoms in total. The van der Waals surface area contributed by atoms with Crippen molar-refractivity contribution in [3.05, 3.63) is 35.9 Å². The van der Waals surface area contributed by atoms with Gasteiger partial charge in [0.1, 0.15) is 6.10 Å². The van der Waals surface area contributed by atoms with Crippen LogP contribution >= 0.6 is 0 Å². The van der Waals surface area contributed by atoms with Crippen molar-refractivity contribution in [2.75, 3.05) is 7.11 Å². The summed E-state index contributed by atoms with van der Waals surface area (Å²) in [5.41, 5.74) is 1.16. The Bertz CT molecular complexity index is 555. The van der Waals surface area contributed by atoms with Crippen molar-refractivity contribution in [2.45, 2.75) is 57.7 Å². The van der Waals surface area contributed by atoms with Gasteiger partial charge in [0, 0.05) is 19.4 Å². The first kappa shape index (κ1) is 15.5. The number of fused-ring (bicyclic) bond motifs is 3. The van der Waals surface area contributed by atoms with Gasteiger partial charge in [-0.2, -0.15) is 0 Å². The van der Waals surface area contributed by atoms with E-state index in [9.17, 15) is 4.79 Å². The summed E-state index contributed by atoms with van der Waals surface area (Å²) in [6.45, 7) is 5.99. The molecule has 0 saturated heterocycles. The minimum absolute atomic E-state index is 0.0165. The molecule has 3 fully saturated rings.